The molecule has 0 spiro atoms. The van der Waals surface area contributed by atoms with E-state index in [1.807, 2.05) is 24.3 Å². The molecule has 7 heteroatoms. The predicted octanol–water partition coefficient (Wildman–Crippen LogP) is 3.98. The van der Waals surface area contributed by atoms with Crippen molar-refractivity contribution in [3.05, 3.63) is 29.8 Å². The van der Waals surface area contributed by atoms with Gasteiger partial charge in [-0.1, -0.05) is 51.2 Å². The van der Waals surface area contributed by atoms with Gasteiger partial charge in [0.15, 0.2) is 0 Å². The minimum absolute atomic E-state index is 0.0665. The van der Waals surface area contributed by atoms with Gasteiger partial charge in [0.05, 0.1) is 25.5 Å². The molecule has 2 N–H and O–H groups in total. The third kappa shape index (κ3) is 9.22. The molecule has 1 saturated heterocycles. The van der Waals surface area contributed by atoms with Crippen LogP contribution >= 0.6 is 7.60 Å². The summed E-state index contributed by atoms with van der Waals surface area (Å²) in [5.74, 6) is 0.876. The van der Waals surface area contributed by atoms with Crippen molar-refractivity contribution >= 4 is 7.60 Å². The molecular weight excluding hydrogens is 365 g/mol. The van der Waals surface area contributed by atoms with E-state index in [1.165, 1.54) is 32.1 Å². The average Bonchev–Trinajstić information content (AvgIpc) is 2.66. The third-order valence-electron chi connectivity index (χ3n) is 4.88. The third-order valence-corrected chi connectivity index (χ3v) is 5.66. The smallest absolute Gasteiger partial charge is 0.326 e. The summed E-state index contributed by atoms with van der Waals surface area (Å²) < 4.78 is 22.7. The number of ether oxygens (including phenoxy) is 2. The molecule has 1 aliphatic heterocycles. The van der Waals surface area contributed by atoms with Crippen LogP contribution in [0.25, 0.3) is 0 Å². The molecule has 1 aliphatic rings. The Kier molecular flexibility index (Phi) is 9.80. The first-order valence-corrected chi connectivity index (χ1v) is 11.9. The number of morpholine rings is 1. The summed E-state index contributed by atoms with van der Waals surface area (Å²) in [5, 5.41) is 0. The molecule has 0 saturated carbocycles. The van der Waals surface area contributed by atoms with Gasteiger partial charge < -0.3 is 19.3 Å². The van der Waals surface area contributed by atoms with Crippen LogP contribution in [-0.2, 0) is 9.30 Å². The van der Waals surface area contributed by atoms with Gasteiger partial charge in [-0.15, -0.1) is 0 Å². The lowest BCUT2D eigenvalue weighted by Gasteiger charge is -2.33. The standard InChI is InChI=1S/C20H34NO5P/c1-2-3-4-5-6-7-14-25-19-10-8-18(9-11-19)20-17-21(12-15-26-20)13-16-27(22,23)24/h8-11,20H,2-7,12-17H2,1H3,(H2,22,23,24)/t20-/m1/s1. The Labute approximate surface area is 163 Å². The van der Waals surface area contributed by atoms with Gasteiger partial charge in [-0.25, -0.2) is 0 Å². The summed E-state index contributed by atoms with van der Waals surface area (Å²) in [6.45, 7) is 5.30. The predicted molar refractivity (Wildman–Crippen MR) is 107 cm³/mol. The Hall–Kier alpha value is -0.910. The Morgan fingerprint density at radius 1 is 1.15 bits per heavy atom. The van der Waals surface area contributed by atoms with Crippen LogP contribution in [0.4, 0.5) is 0 Å². The van der Waals surface area contributed by atoms with Crippen molar-refractivity contribution in [2.24, 2.45) is 0 Å². The van der Waals surface area contributed by atoms with Crippen LogP contribution < -0.4 is 4.74 Å². The van der Waals surface area contributed by atoms with Crippen LogP contribution in [0.2, 0.25) is 0 Å². The second-order valence-electron chi connectivity index (χ2n) is 7.23. The number of benzene rings is 1. The zero-order valence-corrected chi connectivity index (χ0v) is 17.3. The zero-order chi connectivity index (χ0) is 19.5. The summed E-state index contributed by atoms with van der Waals surface area (Å²) in [7, 11) is -3.95. The number of unbranched alkanes of at least 4 members (excludes halogenated alkanes) is 5. The van der Waals surface area contributed by atoms with E-state index in [0.717, 1.165) is 24.3 Å². The van der Waals surface area contributed by atoms with Gasteiger partial charge in [0.1, 0.15) is 5.75 Å². The van der Waals surface area contributed by atoms with Crippen LogP contribution in [0.1, 0.15) is 57.1 Å². The van der Waals surface area contributed by atoms with E-state index in [2.05, 4.69) is 11.8 Å². The summed E-state index contributed by atoms with van der Waals surface area (Å²) in [4.78, 5) is 20.1. The van der Waals surface area contributed by atoms with Gasteiger partial charge in [-0.3, -0.25) is 9.46 Å². The topological polar surface area (TPSA) is 79.2 Å². The van der Waals surface area contributed by atoms with Gasteiger partial charge in [0.2, 0.25) is 0 Å². The van der Waals surface area contributed by atoms with E-state index in [-0.39, 0.29) is 12.3 Å². The molecular formula is C20H34NO5P. The van der Waals surface area contributed by atoms with Crippen LogP contribution in [-0.4, -0.2) is 53.7 Å². The minimum atomic E-state index is -3.95. The molecule has 1 heterocycles. The monoisotopic (exact) mass is 399 g/mol. The van der Waals surface area contributed by atoms with E-state index in [4.69, 9.17) is 19.3 Å². The second kappa shape index (κ2) is 11.8. The Balaban J connectivity index is 1.71. The maximum atomic E-state index is 11.1. The maximum Gasteiger partial charge on any atom is 0.326 e. The van der Waals surface area contributed by atoms with Crippen LogP contribution in [0.15, 0.2) is 24.3 Å². The lowest BCUT2D eigenvalue weighted by Crippen LogP contribution is -2.39. The lowest BCUT2D eigenvalue weighted by molar-refractivity contribution is -0.0282. The maximum absolute atomic E-state index is 11.1. The molecule has 1 atom stereocenters. The molecule has 27 heavy (non-hydrogen) atoms. The molecule has 0 amide bonds. The number of hydrogen-bond donors (Lipinski definition) is 2. The second-order valence-corrected chi connectivity index (χ2v) is 9.01. The number of nitrogens with zero attached hydrogens (tertiary/aromatic N) is 1. The zero-order valence-electron chi connectivity index (χ0n) is 16.4. The van der Waals surface area contributed by atoms with Crippen LogP contribution in [0.3, 0.4) is 0 Å². The van der Waals surface area contributed by atoms with E-state index >= 15 is 0 Å². The lowest BCUT2D eigenvalue weighted by atomic mass is 10.1. The average molecular weight is 399 g/mol. The first kappa shape index (κ1) is 22.4. The van der Waals surface area contributed by atoms with Gasteiger partial charge in [-0.2, -0.15) is 0 Å². The normalized spacial score (nSPS) is 18.6. The first-order valence-electron chi connectivity index (χ1n) is 10.1. The van der Waals surface area contributed by atoms with Crippen molar-refractivity contribution in [2.45, 2.75) is 51.6 Å². The van der Waals surface area contributed by atoms with E-state index in [1.54, 1.807) is 0 Å². The number of rotatable bonds is 12. The molecule has 0 aromatic heterocycles. The van der Waals surface area contributed by atoms with Crippen LogP contribution in [0.5, 0.6) is 5.75 Å². The molecule has 0 radical (unpaired) electrons. The Morgan fingerprint density at radius 3 is 2.56 bits per heavy atom. The quantitative estimate of drug-likeness (QED) is 0.409. The molecule has 2 rings (SSSR count). The first-order chi connectivity index (χ1) is 13.0. The molecule has 154 valence electrons. The Bertz CT molecular complexity index is 574. The fourth-order valence-electron chi connectivity index (χ4n) is 3.23. The van der Waals surface area contributed by atoms with Crippen molar-refractivity contribution in [3.63, 3.8) is 0 Å². The van der Waals surface area contributed by atoms with Gasteiger partial charge in [0, 0.05) is 19.6 Å². The van der Waals surface area contributed by atoms with Crippen molar-refractivity contribution in [1.82, 2.24) is 4.90 Å². The van der Waals surface area contributed by atoms with Crippen LogP contribution in [0, 0.1) is 0 Å². The Morgan fingerprint density at radius 2 is 1.85 bits per heavy atom. The molecule has 1 fully saturated rings. The highest BCUT2D eigenvalue weighted by Crippen LogP contribution is 2.34. The molecule has 0 bridgehead atoms. The van der Waals surface area contributed by atoms with Gasteiger partial charge >= 0.3 is 7.60 Å². The highest BCUT2D eigenvalue weighted by atomic mass is 31.2. The minimum Gasteiger partial charge on any atom is -0.494 e. The fraction of sp³-hybridized carbons (Fsp3) is 0.700. The van der Waals surface area contributed by atoms with E-state index < -0.39 is 7.60 Å². The molecule has 0 unspecified atom stereocenters. The van der Waals surface area contributed by atoms with Crippen molar-refractivity contribution in [1.29, 1.82) is 0 Å². The van der Waals surface area contributed by atoms with Crippen molar-refractivity contribution < 1.29 is 23.8 Å². The highest BCUT2D eigenvalue weighted by Gasteiger charge is 2.24. The molecule has 1 aromatic carbocycles. The molecule has 6 nitrogen and oxygen atoms in total. The molecule has 0 aliphatic carbocycles. The number of hydrogen-bond acceptors (Lipinski definition) is 4. The highest BCUT2D eigenvalue weighted by molar-refractivity contribution is 7.51. The van der Waals surface area contributed by atoms with E-state index in [9.17, 15) is 4.57 Å². The van der Waals surface area contributed by atoms with E-state index in [0.29, 0.717) is 26.2 Å². The largest absolute Gasteiger partial charge is 0.494 e. The SMILES string of the molecule is CCCCCCCCOc1ccc([C@H]2CN(CCP(=O)(O)O)CCO2)cc1. The summed E-state index contributed by atoms with van der Waals surface area (Å²) in [6.07, 6.45) is 7.33. The van der Waals surface area contributed by atoms with Crippen molar-refractivity contribution in [3.8, 4) is 5.75 Å². The summed E-state index contributed by atoms with van der Waals surface area (Å²) in [6, 6.07) is 8.00. The molecule has 1 aromatic rings. The van der Waals surface area contributed by atoms with Gasteiger partial charge in [0.25, 0.3) is 0 Å². The fourth-order valence-corrected chi connectivity index (χ4v) is 3.77. The summed E-state index contributed by atoms with van der Waals surface area (Å²) >= 11 is 0. The van der Waals surface area contributed by atoms with Gasteiger partial charge in [-0.05, 0) is 24.1 Å². The summed E-state index contributed by atoms with van der Waals surface area (Å²) in [5.41, 5.74) is 1.07. The van der Waals surface area contributed by atoms with Crippen molar-refractivity contribution in [2.75, 3.05) is 39.0 Å².